The number of primary amides is 1. The van der Waals surface area contributed by atoms with Gasteiger partial charge in [0.2, 0.25) is 5.78 Å². The molecule has 5 nitrogen and oxygen atoms in total. The van der Waals surface area contributed by atoms with Gasteiger partial charge in [0.05, 0.1) is 10.4 Å². The predicted molar refractivity (Wildman–Crippen MR) is 79.1 cm³/mol. The molecule has 0 fully saturated rings. The van der Waals surface area contributed by atoms with Crippen molar-refractivity contribution in [3.8, 4) is 5.88 Å². The van der Waals surface area contributed by atoms with Crippen LogP contribution in [0.15, 0.2) is 35.7 Å². The van der Waals surface area contributed by atoms with Gasteiger partial charge in [-0.15, -0.1) is 11.3 Å². The van der Waals surface area contributed by atoms with Crippen LogP contribution in [0.4, 0.5) is 4.79 Å². The fraction of sp³-hybridized carbons (Fsp3) is 0. The van der Waals surface area contributed by atoms with Crippen LogP contribution in [-0.2, 0) is 0 Å². The summed E-state index contributed by atoms with van der Waals surface area (Å²) >= 11 is 7.14. The molecule has 0 saturated carbocycles. The quantitative estimate of drug-likeness (QED) is 0.507. The Morgan fingerprint density at radius 2 is 2.00 bits per heavy atom. The van der Waals surface area contributed by atoms with E-state index in [0.29, 0.717) is 15.3 Å². The van der Waals surface area contributed by atoms with E-state index in [1.54, 1.807) is 17.5 Å². The number of amides is 1. The molecule has 2 N–H and O–H groups in total. The van der Waals surface area contributed by atoms with Gasteiger partial charge in [-0.1, -0.05) is 17.7 Å². The first-order chi connectivity index (χ1) is 10.0. The first kappa shape index (κ1) is 17.1. The number of aromatic nitrogens is 1. The monoisotopic (exact) mass is 342 g/mol. The van der Waals surface area contributed by atoms with Crippen LogP contribution >= 0.6 is 22.9 Å². The van der Waals surface area contributed by atoms with Crippen molar-refractivity contribution >= 4 is 45.7 Å². The second-order valence-electron chi connectivity index (χ2n) is 4.32. The normalized spacial score (nSPS) is 10.4. The number of hydrogen-bond acceptors (Lipinski definition) is 4. The summed E-state index contributed by atoms with van der Waals surface area (Å²) < 4.78 is 0.784. The number of carbonyl (C=O) groups excluding carboxylic acids is 2. The molecule has 1 amide bonds. The van der Waals surface area contributed by atoms with E-state index in [2.05, 4.69) is 0 Å². The zero-order valence-electron chi connectivity index (χ0n) is 11.5. The molecule has 8 heteroatoms. The summed E-state index contributed by atoms with van der Waals surface area (Å²) in [6, 6.07) is 6.90. The van der Waals surface area contributed by atoms with Crippen molar-refractivity contribution in [2.24, 2.45) is 5.73 Å². The number of halogens is 1. The molecular formula is C14H8ClN2NaO3S. The Balaban J connectivity index is 0.00000176. The van der Waals surface area contributed by atoms with Crippen molar-refractivity contribution in [2.45, 2.75) is 0 Å². The number of carbonyl (C=O) groups is 2. The molecule has 0 aliphatic carbocycles. The van der Waals surface area contributed by atoms with Gasteiger partial charge in [0.1, 0.15) is 0 Å². The third-order valence-electron chi connectivity index (χ3n) is 3.08. The number of ketones is 1. The molecule has 0 saturated heterocycles. The Morgan fingerprint density at radius 1 is 1.27 bits per heavy atom. The molecule has 106 valence electrons. The summed E-state index contributed by atoms with van der Waals surface area (Å²) in [6.07, 6.45) is 0. The number of rotatable bonds is 2. The zero-order chi connectivity index (χ0) is 15.1. The molecule has 0 radical (unpaired) electrons. The van der Waals surface area contributed by atoms with E-state index in [0.717, 1.165) is 4.57 Å². The van der Waals surface area contributed by atoms with Crippen LogP contribution in [0.3, 0.4) is 0 Å². The summed E-state index contributed by atoms with van der Waals surface area (Å²) in [4.78, 5) is 24.4. The third-order valence-corrected chi connectivity index (χ3v) is 4.18. The molecule has 0 aliphatic heterocycles. The van der Waals surface area contributed by atoms with E-state index in [4.69, 9.17) is 17.3 Å². The van der Waals surface area contributed by atoms with Gasteiger partial charge in [-0.3, -0.25) is 9.36 Å². The van der Waals surface area contributed by atoms with Crippen LogP contribution < -0.4 is 40.4 Å². The minimum Gasteiger partial charge on any atom is -0.859 e. The maximum atomic E-state index is 12.5. The first-order valence-electron chi connectivity index (χ1n) is 5.89. The molecule has 0 atom stereocenters. The minimum absolute atomic E-state index is 0. The van der Waals surface area contributed by atoms with Gasteiger partial charge in [0, 0.05) is 16.0 Å². The Bertz CT molecular complexity index is 874. The van der Waals surface area contributed by atoms with Gasteiger partial charge >= 0.3 is 35.6 Å². The van der Waals surface area contributed by atoms with E-state index < -0.39 is 17.7 Å². The van der Waals surface area contributed by atoms with Crippen LogP contribution in [0.25, 0.3) is 10.9 Å². The van der Waals surface area contributed by atoms with E-state index in [1.807, 2.05) is 0 Å². The number of fused-ring (bicyclic) bond motifs is 1. The molecular weight excluding hydrogens is 335 g/mol. The van der Waals surface area contributed by atoms with E-state index in [9.17, 15) is 14.7 Å². The molecule has 2 heterocycles. The Kier molecular flexibility index (Phi) is 4.99. The van der Waals surface area contributed by atoms with Gasteiger partial charge in [-0.25, -0.2) is 4.79 Å². The predicted octanol–water partition coefficient (Wildman–Crippen LogP) is -0.408. The van der Waals surface area contributed by atoms with Gasteiger partial charge in [0.25, 0.3) is 0 Å². The molecule has 22 heavy (non-hydrogen) atoms. The fourth-order valence-corrected chi connectivity index (χ4v) is 3.05. The summed E-state index contributed by atoms with van der Waals surface area (Å²) in [7, 11) is 0. The molecule has 0 spiro atoms. The molecule has 2 aromatic heterocycles. The van der Waals surface area contributed by atoms with Crippen LogP contribution in [0.2, 0.25) is 5.02 Å². The van der Waals surface area contributed by atoms with Crippen molar-refractivity contribution in [1.82, 2.24) is 4.57 Å². The standard InChI is InChI=1S/C14H9ClN2O3S.Na/c15-7-3-4-9-8(6-7)11(13(19)17(9)14(16)20)12(18)10-2-1-5-21-10;/h1-6,19H,(H2,16,20);/q;+1/p-1. The second kappa shape index (κ2) is 6.44. The SMILES string of the molecule is NC(=O)n1c([O-])c(C(=O)c2cccs2)c2cc(Cl)ccc21.[Na+]. The van der Waals surface area contributed by atoms with Crippen molar-refractivity contribution < 1.29 is 44.3 Å². The van der Waals surface area contributed by atoms with E-state index >= 15 is 0 Å². The Hall–Kier alpha value is -1.31. The van der Waals surface area contributed by atoms with E-state index in [-0.39, 0.29) is 40.6 Å². The Labute approximate surface area is 156 Å². The summed E-state index contributed by atoms with van der Waals surface area (Å²) in [5.74, 6) is -1.17. The third kappa shape index (κ3) is 2.68. The average molecular weight is 343 g/mol. The second-order valence-corrected chi connectivity index (χ2v) is 5.71. The fourth-order valence-electron chi connectivity index (χ4n) is 2.21. The van der Waals surface area contributed by atoms with Gasteiger partial charge < -0.3 is 10.8 Å². The molecule has 0 bridgehead atoms. The number of hydrogen-bond donors (Lipinski definition) is 1. The van der Waals surface area contributed by atoms with Crippen LogP contribution in [0.5, 0.6) is 5.88 Å². The van der Waals surface area contributed by atoms with Crippen LogP contribution in [0.1, 0.15) is 15.2 Å². The smallest absolute Gasteiger partial charge is 0.859 e. The number of nitrogens with two attached hydrogens (primary N) is 1. The van der Waals surface area contributed by atoms with Crippen molar-refractivity contribution in [3.05, 3.63) is 51.2 Å². The minimum atomic E-state index is -0.933. The first-order valence-corrected chi connectivity index (χ1v) is 7.15. The summed E-state index contributed by atoms with van der Waals surface area (Å²) in [5, 5.41) is 14.8. The van der Waals surface area contributed by atoms with Gasteiger partial charge in [0.15, 0.2) is 0 Å². The van der Waals surface area contributed by atoms with Gasteiger partial charge in [-0.2, -0.15) is 0 Å². The maximum Gasteiger partial charge on any atom is 1.00 e. The number of nitrogens with zero attached hydrogens (tertiary/aromatic N) is 1. The van der Waals surface area contributed by atoms with Crippen molar-refractivity contribution in [2.75, 3.05) is 0 Å². The summed E-state index contributed by atoms with van der Waals surface area (Å²) in [5.41, 5.74) is 5.42. The largest absolute Gasteiger partial charge is 1.00 e. The topological polar surface area (TPSA) is 88.2 Å². The van der Waals surface area contributed by atoms with Crippen molar-refractivity contribution in [3.63, 3.8) is 0 Å². The van der Waals surface area contributed by atoms with E-state index in [1.165, 1.54) is 29.5 Å². The maximum absolute atomic E-state index is 12.5. The number of thiophene rings is 1. The van der Waals surface area contributed by atoms with Crippen LogP contribution in [-0.4, -0.2) is 16.4 Å². The molecule has 0 unspecified atom stereocenters. The Morgan fingerprint density at radius 3 is 2.59 bits per heavy atom. The summed E-state index contributed by atoms with van der Waals surface area (Å²) in [6.45, 7) is 0. The molecule has 3 rings (SSSR count). The van der Waals surface area contributed by atoms with Gasteiger partial charge in [-0.05, 0) is 35.5 Å². The van der Waals surface area contributed by atoms with Crippen molar-refractivity contribution in [1.29, 1.82) is 0 Å². The average Bonchev–Trinajstić information content (AvgIpc) is 3.03. The number of benzene rings is 1. The molecule has 0 aliphatic rings. The molecule has 1 aromatic carbocycles. The molecule has 3 aromatic rings. The zero-order valence-corrected chi connectivity index (χ0v) is 15.1. The van der Waals surface area contributed by atoms with Crippen LogP contribution in [0, 0.1) is 0 Å².